The fraction of sp³-hybridized carbons (Fsp3) is 0.615. The number of hydrogen-bond acceptors (Lipinski definition) is 4. The molecule has 0 bridgehead atoms. The maximum atomic E-state index is 12.1. The van der Waals surface area contributed by atoms with Crippen LogP contribution in [0.4, 0.5) is 0 Å². The van der Waals surface area contributed by atoms with Crippen molar-refractivity contribution in [2.45, 2.75) is 25.3 Å². The molecule has 2 rings (SSSR count). The number of hydrogen-bond donors (Lipinski definition) is 2. The number of rotatable bonds is 5. The van der Waals surface area contributed by atoms with E-state index in [0.717, 1.165) is 29.8 Å². The summed E-state index contributed by atoms with van der Waals surface area (Å²) in [5.74, 6) is 0.0201. The molecule has 0 saturated carbocycles. The Bertz CT molecular complexity index is 417. The Kier molecular flexibility index (Phi) is 6.26. The van der Waals surface area contributed by atoms with Gasteiger partial charge in [-0.05, 0) is 43.3 Å². The average Bonchev–Trinajstić information content (AvgIpc) is 2.97. The normalized spacial score (nSPS) is 22.0. The Hall–Kier alpha value is -0.620. The van der Waals surface area contributed by atoms with E-state index in [2.05, 4.69) is 10.6 Å². The van der Waals surface area contributed by atoms with E-state index < -0.39 is 0 Å². The van der Waals surface area contributed by atoms with Crippen molar-refractivity contribution in [3.05, 3.63) is 21.9 Å². The summed E-state index contributed by atoms with van der Waals surface area (Å²) >= 11 is 1.49. The zero-order valence-electron chi connectivity index (χ0n) is 11.3. The molecule has 2 heterocycles. The number of methoxy groups -OCH3 is 1. The van der Waals surface area contributed by atoms with Crippen molar-refractivity contribution >= 4 is 29.7 Å². The topological polar surface area (TPSA) is 50.4 Å². The second-order valence-corrected chi connectivity index (χ2v) is 5.78. The van der Waals surface area contributed by atoms with Crippen LogP contribution in [0.2, 0.25) is 0 Å². The molecule has 4 nitrogen and oxygen atoms in total. The minimum Gasteiger partial charge on any atom is -0.383 e. The first-order valence-corrected chi connectivity index (χ1v) is 7.11. The maximum Gasteiger partial charge on any atom is 0.261 e. The predicted octanol–water partition coefficient (Wildman–Crippen LogP) is 1.98. The van der Waals surface area contributed by atoms with Gasteiger partial charge in [0, 0.05) is 13.7 Å². The van der Waals surface area contributed by atoms with Crippen molar-refractivity contribution in [1.82, 2.24) is 10.6 Å². The Morgan fingerprint density at radius 3 is 2.95 bits per heavy atom. The van der Waals surface area contributed by atoms with Gasteiger partial charge in [0.15, 0.2) is 0 Å². The molecule has 1 aliphatic rings. The number of amides is 1. The standard InChI is InChI=1S/C13H20N2O2S.ClH/c1-10-4-7-18-11(10)12(16)14-8-13(9-17-2)5-3-6-15-13;/h4,7,15H,3,5-6,8-9H2,1-2H3,(H,14,16);1H. The van der Waals surface area contributed by atoms with Gasteiger partial charge in [-0.1, -0.05) is 0 Å². The van der Waals surface area contributed by atoms with Crippen molar-refractivity contribution in [1.29, 1.82) is 0 Å². The maximum absolute atomic E-state index is 12.1. The predicted molar refractivity (Wildman–Crippen MR) is 80.5 cm³/mol. The van der Waals surface area contributed by atoms with Crippen LogP contribution in [0.15, 0.2) is 11.4 Å². The summed E-state index contributed by atoms with van der Waals surface area (Å²) in [5, 5.41) is 8.42. The highest BCUT2D eigenvalue weighted by Gasteiger charge is 2.33. The van der Waals surface area contributed by atoms with Crippen molar-refractivity contribution in [2.75, 3.05) is 26.8 Å². The highest BCUT2D eigenvalue weighted by atomic mass is 35.5. The molecule has 1 amide bonds. The average molecular weight is 305 g/mol. The first-order chi connectivity index (χ1) is 8.67. The van der Waals surface area contributed by atoms with Crippen LogP contribution < -0.4 is 10.6 Å². The van der Waals surface area contributed by atoms with Gasteiger partial charge in [0.25, 0.3) is 5.91 Å². The summed E-state index contributed by atoms with van der Waals surface area (Å²) in [6, 6.07) is 1.97. The highest BCUT2D eigenvalue weighted by molar-refractivity contribution is 7.12. The molecule has 108 valence electrons. The molecule has 2 N–H and O–H groups in total. The van der Waals surface area contributed by atoms with Crippen LogP contribution in [0.3, 0.4) is 0 Å². The lowest BCUT2D eigenvalue weighted by atomic mass is 9.98. The SMILES string of the molecule is COCC1(CNC(=O)c2sccc2C)CCCN1.Cl. The summed E-state index contributed by atoms with van der Waals surface area (Å²) < 4.78 is 5.26. The second-order valence-electron chi connectivity index (χ2n) is 4.86. The van der Waals surface area contributed by atoms with Gasteiger partial charge in [-0.25, -0.2) is 0 Å². The third-order valence-electron chi connectivity index (χ3n) is 3.41. The van der Waals surface area contributed by atoms with E-state index in [1.807, 2.05) is 18.4 Å². The fourth-order valence-corrected chi connectivity index (χ4v) is 3.25. The summed E-state index contributed by atoms with van der Waals surface area (Å²) in [7, 11) is 1.70. The molecular weight excluding hydrogens is 284 g/mol. The molecule has 0 aromatic carbocycles. The first-order valence-electron chi connectivity index (χ1n) is 6.23. The molecule has 1 fully saturated rings. The Labute approximate surface area is 124 Å². The van der Waals surface area contributed by atoms with Crippen molar-refractivity contribution < 1.29 is 9.53 Å². The molecule has 1 unspecified atom stereocenters. The monoisotopic (exact) mass is 304 g/mol. The number of aryl methyl sites for hydroxylation is 1. The number of halogens is 1. The van der Waals surface area contributed by atoms with Crippen molar-refractivity contribution in [2.24, 2.45) is 0 Å². The van der Waals surface area contributed by atoms with E-state index in [4.69, 9.17) is 4.74 Å². The Morgan fingerprint density at radius 2 is 2.42 bits per heavy atom. The molecule has 6 heteroatoms. The van der Waals surface area contributed by atoms with Crippen LogP contribution in [-0.2, 0) is 4.74 Å². The zero-order chi connectivity index (χ0) is 13.0. The first kappa shape index (κ1) is 16.4. The second kappa shape index (κ2) is 7.24. The van der Waals surface area contributed by atoms with E-state index in [-0.39, 0.29) is 23.9 Å². The van der Waals surface area contributed by atoms with Crippen LogP contribution in [-0.4, -0.2) is 38.3 Å². The number of nitrogens with one attached hydrogen (secondary N) is 2. The van der Waals surface area contributed by atoms with Gasteiger partial charge < -0.3 is 15.4 Å². The number of thiophene rings is 1. The van der Waals surface area contributed by atoms with Gasteiger partial charge in [-0.3, -0.25) is 4.79 Å². The van der Waals surface area contributed by atoms with Crippen molar-refractivity contribution in [3.63, 3.8) is 0 Å². The molecule has 1 aromatic heterocycles. The lowest BCUT2D eigenvalue weighted by Gasteiger charge is -2.28. The quantitative estimate of drug-likeness (QED) is 0.874. The fourth-order valence-electron chi connectivity index (χ4n) is 2.41. The molecule has 1 saturated heterocycles. The number of carbonyl (C=O) groups is 1. The van der Waals surface area contributed by atoms with Gasteiger partial charge in [0.05, 0.1) is 17.0 Å². The third kappa shape index (κ3) is 3.92. The van der Waals surface area contributed by atoms with E-state index in [1.165, 1.54) is 11.3 Å². The Balaban J connectivity index is 0.00000180. The van der Waals surface area contributed by atoms with Crippen LogP contribution in [0.5, 0.6) is 0 Å². The van der Waals surface area contributed by atoms with Crippen molar-refractivity contribution in [3.8, 4) is 0 Å². The molecule has 1 atom stereocenters. The number of ether oxygens (including phenoxy) is 1. The molecular formula is C13H21ClN2O2S. The van der Waals surface area contributed by atoms with Crippen LogP contribution in [0.1, 0.15) is 28.1 Å². The number of carbonyl (C=O) groups excluding carboxylic acids is 1. The summed E-state index contributed by atoms with van der Waals surface area (Å²) in [5.41, 5.74) is 0.952. The lowest BCUT2D eigenvalue weighted by Crippen LogP contribution is -2.52. The van der Waals surface area contributed by atoms with Gasteiger partial charge in [0.2, 0.25) is 0 Å². The van der Waals surface area contributed by atoms with E-state index in [1.54, 1.807) is 7.11 Å². The van der Waals surface area contributed by atoms with E-state index in [0.29, 0.717) is 13.2 Å². The third-order valence-corrected chi connectivity index (χ3v) is 4.42. The highest BCUT2D eigenvalue weighted by Crippen LogP contribution is 2.20. The molecule has 0 radical (unpaired) electrons. The summed E-state index contributed by atoms with van der Waals surface area (Å²) in [4.78, 5) is 12.9. The van der Waals surface area contributed by atoms with Gasteiger partial charge in [-0.2, -0.15) is 0 Å². The van der Waals surface area contributed by atoms with Crippen LogP contribution in [0, 0.1) is 6.92 Å². The van der Waals surface area contributed by atoms with E-state index >= 15 is 0 Å². The molecule has 1 aliphatic heterocycles. The van der Waals surface area contributed by atoms with E-state index in [9.17, 15) is 4.79 Å². The largest absolute Gasteiger partial charge is 0.383 e. The molecule has 1 aromatic rings. The van der Waals surface area contributed by atoms with Gasteiger partial charge in [0.1, 0.15) is 0 Å². The van der Waals surface area contributed by atoms with Crippen LogP contribution in [0.25, 0.3) is 0 Å². The van der Waals surface area contributed by atoms with Gasteiger partial charge in [-0.15, -0.1) is 23.7 Å². The molecule has 19 heavy (non-hydrogen) atoms. The molecule has 0 aliphatic carbocycles. The smallest absolute Gasteiger partial charge is 0.261 e. The van der Waals surface area contributed by atoms with Gasteiger partial charge >= 0.3 is 0 Å². The minimum atomic E-state index is -0.0877. The summed E-state index contributed by atoms with van der Waals surface area (Å²) in [6.45, 7) is 4.22. The van der Waals surface area contributed by atoms with Crippen LogP contribution >= 0.6 is 23.7 Å². The lowest BCUT2D eigenvalue weighted by molar-refractivity contribution is 0.0895. The molecule has 0 spiro atoms. The summed E-state index contributed by atoms with van der Waals surface area (Å²) in [6.07, 6.45) is 2.18. The zero-order valence-corrected chi connectivity index (χ0v) is 13.0. The Morgan fingerprint density at radius 1 is 1.63 bits per heavy atom. The minimum absolute atomic E-state index is 0.